The van der Waals surface area contributed by atoms with Crippen molar-refractivity contribution in [2.24, 2.45) is 5.92 Å². The van der Waals surface area contributed by atoms with Crippen LogP contribution in [0.1, 0.15) is 42.6 Å². The summed E-state index contributed by atoms with van der Waals surface area (Å²) in [5.74, 6) is 1.18. The SMILES string of the molecule is CCN1CCC([C@@H](C)NC(=O)c2ccc3c(Oc4ccc(C(F)(F)F)cc4)cccc3c2)CC1. The fraction of sp³-hybridized carbons (Fsp3) is 0.370. The number of carbonyl (C=O) groups excluding carboxylic acids is 1. The molecule has 180 valence electrons. The Balaban J connectivity index is 1.45. The molecular weight excluding hydrogens is 441 g/mol. The Labute approximate surface area is 197 Å². The number of amides is 1. The summed E-state index contributed by atoms with van der Waals surface area (Å²) in [4.78, 5) is 15.3. The van der Waals surface area contributed by atoms with Crippen molar-refractivity contribution in [2.75, 3.05) is 19.6 Å². The Morgan fingerprint density at radius 3 is 2.44 bits per heavy atom. The number of fused-ring (bicyclic) bond motifs is 1. The van der Waals surface area contributed by atoms with Gasteiger partial charge in [-0.25, -0.2) is 0 Å². The number of hydrogen-bond acceptors (Lipinski definition) is 3. The van der Waals surface area contributed by atoms with Crippen molar-refractivity contribution < 1.29 is 22.7 Å². The van der Waals surface area contributed by atoms with Gasteiger partial charge in [0, 0.05) is 17.0 Å². The van der Waals surface area contributed by atoms with Crippen LogP contribution in [0.4, 0.5) is 13.2 Å². The molecular formula is C27H29F3N2O2. The van der Waals surface area contributed by atoms with E-state index in [2.05, 4.69) is 24.1 Å². The molecule has 0 aromatic heterocycles. The van der Waals surface area contributed by atoms with Crippen molar-refractivity contribution in [3.63, 3.8) is 0 Å². The number of nitrogens with one attached hydrogen (secondary N) is 1. The first-order chi connectivity index (χ1) is 16.2. The second-order valence-corrected chi connectivity index (χ2v) is 8.85. The van der Waals surface area contributed by atoms with Gasteiger partial charge in [-0.2, -0.15) is 13.2 Å². The van der Waals surface area contributed by atoms with E-state index in [4.69, 9.17) is 4.74 Å². The average Bonchev–Trinajstić information content (AvgIpc) is 2.83. The fourth-order valence-corrected chi connectivity index (χ4v) is 4.50. The highest BCUT2D eigenvalue weighted by Gasteiger charge is 2.30. The molecule has 1 atom stereocenters. The number of likely N-dealkylation sites (tertiary alicyclic amines) is 1. The molecule has 1 heterocycles. The molecule has 7 heteroatoms. The van der Waals surface area contributed by atoms with Gasteiger partial charge in [0.15, 0.2) is 0 Å². The standard InChI is InChI=1S/C27H29F3N2O2/c1-3-32-15-13-19(14-16-32)18(2)31-26(33)21-7-12-24-20(17-21)5-4-6-25(24)34-23-10-8-22(9-11-23)27(28,29)30/h4-12,17-19H,3,13-16H2,1-2H3,(H,31,33)/t18-/m1/s1. The molecule has 1 N–H and O–H groups in total. The maximum Gasteiger partial charge on any atom is 0.416 e. The maximum absolute atomic E-state index is 12.9. The van der Waals surface area contributed by atoms with Crippen molar-refractivity contribution in [2.45, 2.75) is 38.9 Å². The van der Waals surface area contributed by atoms with Crippen molar-refractivity contribution in [3.8, 4) is 11.5 Å². The zero-order valence-corrected chi connectivity index (χ0v) is 19.4. The lowest BCUT2D eigenvalue weighted by atomic mass is 9.90. The van der Waals surface area contributed by atoms with Crippen LogP contribution in [0.2, 0.25) is 0 Å². The van der Waals surface area contributed by atoms with Gasteiger partial charge >= 0.3 is 6.18 Å². The van der Waals surface area contributed by atoms with Gasteiger partial charge in [-0.05, 0) is 99.2 Å². The summed E-state index contributed by atoms with van der Waals surface area (Å²) in [6.45, 7) is 7.44. The Morgan fingerprint density at radius 2 is 1.79 bits per heavy atom. The van der Waals surface area contributed by atoms with E-state index >= 15 is 0 Å². The third-order valence-electron chi connectivity index (χ3n) is 6.66. The fourth-order valence-electron chi connectivity index (χ4n) is 4.50. The lowest BCUT2D eigenvalue weighted by Gasteiger charge is -2.34. The molecule has 4 rings (SSSR count). The summed E-state index contributed by atoms with van der Waals surface area (Å²) in [5, 5.41) is 4.75. The molecule has 0 saturated carbocycles. The molecule has 4 nitrogen and oxygen atoms in total. The van der Waals surface area contributed by atoms with E-state index in [0.717, 1.165) is 55.4 Å². The zero-order valence-electron chi connectivity index (χ0n) is 19.4. The minimum atomic E-state index is -4.39. The smallest absolute Gasteiger partial charge is 0.416 e. The van der Waals surface area contributed by atoms with E-state index in [1.165, 1.54) is 12.1 Å². The highest BCUT2D eigenvalue weighted by molar-refractivity contribution is 6.00. The molecule has 34 heavy (non-hydrogen) atoms. The van der Waals surface area contributed by atoms with Crippen LogP contribution in [0, 0.1) is 5.92 Å². The monoisotopic (exact) mass is 470 g/mol. The number of rotatable bonds is 6. The minimum absolute atomic E-state index is 0.0940. The lowest BCUT2D eigenvalue weighted by molar-refractivity contribution is -0.137. The predicted octanol–water partition coefficient (Wildman–Crippen LogP) is 6.50. The van der Waals surface area contributed by atoms with Crippen LogP contribution in [0.5, 0.6) is 11.5 Å². The van der Waals surface area contributed by atoms with Gasteiger partial charge in [-0.1, -0.05) is 19.1 Å². The molecule has 0 spiro atoms. The first-order valence-corrected chi connectivity index (χ1v) is 11.7. The van der Waals surface area contributed by atoms with Gasteiger partial charge in [0.25, 0.3) is 5.91 Å². The van der Waals surface area contributed by atoms with Crippen LogP contribution in [0.15, 0.2) is 60.7 Å². The first-order valence-electron chi connectivity index (χ1n) is 11.7. The Bertz CT molecular complexity index is 1140. The quantitative estimate of drug-likeness (QED) is 0.447. The van der Waals surface area contributed by atoms with Crippen LogP contribution in [-0.2, 0) is 6.18 Å². The Kier molecular flexibility index (Phi) is 7.12. The van der Waals surface area contributed by atoms with E-state index < -0.39 is 11.7 Å². The highest BCUT2D eigenvalue weighted by Crippen LogP contribution is 2.34. The molecule has 1 fully saturated rings. The van der Waals surface area contributed by atoms with E-state index in [0.29, 0.717) is 23.0 Å². The topological polar surface area (TPSA) is 41.6 Å². The number of halogens is 3. The Hall–Kier alpha value is -3.06. The van der Waals surface area contributed by atoms with Gasteiger partial charge in [-0.15, -0.1) is 0 Å². The number of carbonyl (C=O) groups is 1. The first kappa shape index (κ1) is 24.1. The van der Waals surface area contributed by atoms with Crippen molar-refractivity contribution in [1.29, 1.82) is 0 Å². The molecule has 1 aliphatic rings. The second-order valence-electron chi connectivity index (χ2n) is 8.85. The largest absolute Gasteiger partial charge is 0.457 e. The molecule has 0 bridgehead atoms. The Morgan fingerprint density at radius 1 is 1.09 bits per heavy atom. The number of hydrogen-bond donors (Lipinski definition) is 1. The number of alkyl halides is 3. The molecule has 1 aliphatic heterocycles. The van der Waals surface area contributed by atoms with E-state index in [1.807, 2.05) is 18.2 Å². The third-order valence-corrected chi connectivity index (χ3v) is 6.66. The summed E-state index contributed by atoms with van der Waals surface area (Å²) in [7, 11) is 0. The van der Waals surface area contributed by atoms with Gasteiger partial charge in [0.1, 0.15) is 11.5 Å². The van der Waals surface area contributed by atoms with Crippen LogP contribution in [0.3, 0.4) is 0 Å². The van der Waals surface area contributed by atoms with Crippen molar-refractivity contribution in [3.05, 3.63) is 71.8 Å². The van der Waals surface area contributed by atoms with Gasteiger partial charge < -0.3 is 15.0 Å². The van der Waals surface area contributed by atoms with Crippen LogP contribution < -0.4 is 10.1 Å². The van der Waals surface area contributed by atoms with Crippen LogP contribution >= 0.6 is 0 Å². The molecule has 1 saturated heterocycles. The van der Waals surface area contributed by atoms with Gasteiger partial charge in [0.2, 0.25) is 0 Å². The third kappa shape index (κ3) is 5.53. The molecule has 0 radical (unpaired) electrons. The van der Waals surface area contributed by atoms with Gasteiger partial charge in [0.05, 0.1) is 5.56 Å². The van der Waals surface area contributed by atoms with Crippen molar-refractivity contribution >= 4 is 16.7 Å². The average molecular weight is 471 g/mol. The number of nitrogens with zero attached hydrogens (tertiary/aromatic N) is 1. The zero-order chi connectivity index (χ0) is 24.3. The van der Waals surface area contributed by atoms with Crippen molar-refractivity contribution in [1.82, 2.24) is 10.2 Å². The van der Waals surface area contributed by atoms with Crippen LogP contribution in [0.25, 0.3) is 10.8 Å². The van der Waals surface area contributed by atoms with E-state index in [9.17, 15) is 18.0 Å². The van der Waals surface area contributed by atoms with Gasteiger partial charge in [-0.3, -0.25) is 4.79 Å². The van der Waals surface area contributed by atoms with E-state index in [1.54, 1.807) is 18.2 Å². The number of benzene rings is 3. The lowest BCUT2D eigenvalue weighted by Crippen LogP contribution is -2.43. The summed E-state index contributed by atoms with van der Waals surface area (Å²) in [6, 6.07) is 15.5. The maximum atomic E-state index is 12.9. The molecule has 0 aliphatic carbocycles. The predicted molar refractivity (Wildman–Crippen MR) is 127 cm³/mol. The molecule has 1 amide bonds. The molecule has 3 aromatic carbocycles. The summed E-state index contributed by atoms with van der Waals surface area (Å²) in [5.41, 5.74) is -0.157. The molecule has 0 unspecified atom stereocenters. The van der Waals surface area contributed by atoms with E-state index in [-0.39, 0.29) is 11.9 Å². The summed E-state index contributed by atoms with van der Waals surface area (Å²) >= 11 is 0. The second kappa shape index (κ2) is 10.1. The van der Waals surface area contributed by atoms with Crippen LogP contribution in [-0.4, -0.2) is 36.5 Å². The minimum Gasteiger partial charge on any atom is -0.457 e. The summed E-state index contributed by atoms with van der Waals surface area (Å²) < 4.78 is 44.2. The molecule has 3 aromatic rings. The number of piperidine rings is 1. The highest BCUT2D eigenvalue weighted by atomic mass is 19.4. The normalized spacial score (nSPS) is 16.4. The summed E-state index contributed by atoms with van der Waals surface area (Å²) in [6.07, 6.45) is -2.23. The number of ether oxygens (including phenoxy) is 1.